The number of hydrogen-bond donors (Lipinski definition) is 1. The van der Waals surface area contributed by atoms with E-state index in [4.69, 9.17) is 0 Å². The minimum atomic E-state index is -4.49. The van der Waals surface area contributed by atoms with Gasteiger partial charge >= 0.3 is 11.9 Å². The minimum absolute atomic E-state index is 0.289. The molecule has 0 aliphatic rings. The van der Waals surface area contributed by atoms with Crippen LogP contribution in [0.3, 0.4) is 0 Å². The fourth-order valence-electron chi connectivity index (χ4n) is 1.53. The first-order chi connectivity index (χ1) is 8.60. The van der Waals surface area contributed by atoms with Gasteiger partial charge in [-0.3, -0.25) is 10.1 Å². The molecule has 0 heterocycles. The SMILES string of the molecule is CC(CC(F)(F)F)Nc1cc(F)cc(F)c1[N+](=O)[O-]. The topological polar surface area (TPSA) is 55.2 Å². The number of alkyl halides is 3. The van der Waals surface area contributed by atoms with Crippen LogP contribution >= 0.6 is 0 Å². The lowest BCUT2D eigenvalue weighted by atomic mass is 10.2. The largest absolute Gasteiger partial charge is 0.391 e. The lowest BCUT2D eigenvalue weighted by molar-refractivity contribution is -0.386. The Morgan fingerprint density at radius 2 is 1.95 bits per heavy atom. The van der Waals surface area contributed by atoms with Crippen molar-refractivity contribution >= 4 is 11.4 Å². The second-order valence-corrected chi connectivity index (χ2v) is 3.91. The molecule has 1 unspecified atom stereocenters. The zero-order valence-corrected chi connectivity index (χ0v) is 9.59. The van der Waals surface area contributed by atoms with Crippen LogP contribution in [-0.4, -0.2) is 17.1 Å². The first-order valence-corrected chi connectivity index (χ1v) is 5.07. The molecular weight excluding hydrogens is 275 g/mol. The van der Waals surface area contributed by atoms with Gasteiger partial charge in [0.05, 0.1) is 11.3 Å². The lowest BCUT2D eigenvalue weighted by Gasteiger charge is -2.17. The number of benzene rings is 1. The van der Waals surface area contributed by atoms with Gasteiger partial charge in [-0.1, -0.05) is 0 Å². The Morgan fingerprint density at radius 1 is 1.37 bits per heavy atom. The van der Waals surface area contributed by atoms with Gasteiger partial charge in [0.2, 0.25) is 5.82 Å². The number of rotatable bonds is 4. The van der Waals surface area contributed by atoms with E-state index in [1.807, 2.05) is 0 Å². The molecule has 0 aliphatic carbocycles. The van der Waals surface area contributed by atoms with Crippen LogP contribution in [0.4, 0.5) is 33.3 Å². The van der Waals surface area contributed by atoms with Crippen molar-refractivity contribution in [2.75, 3.05) is 5.32 Å². The van der Waals surface area contributed by atoms with Gasteiger partial charge < -0.3 is 5.32 Å². The number of nitrogens with zero attached hydrogens (tertiary/aromatic N) is 1. The number of nitro benzene ring substituents is 1. The Balaban J connectivity index is 3.03. The molecule has 1 atom stereocenters. The maximum Gasteiger partial charge on any atom is 0.391 e. The fraction of sp³-hybridized carbons (Fsp3) is 0.400. The highest BCUT2D eigenvalue weighted by Gasteiger charge is 2.31. The van der Waals surface area contributed by atoms with Crippen molar-refractivity contribution in [2.24, 2.45) is 0 Å². The summed E-state index contributed by atoms with van der Waals surface area (Å²) in [5, 5.41) is 12.7. The molecule has 0 spiro atoms. The van der Waals surface area contributed by atoms with Crippen LogP contribution < -0.4 is 5.32 Å². The number of nitro groups is 1. The molecule has 0 fully saturated rings. The summed E-state index contributed by atoms with van der Waals surface area (Å²) >= 11 is 0. The molecule has 0 aromatic heterocycles. The summed E-state index contributed by atoms with van der Waals surface area (Å²) in [7, 11) is 0. The molecule has 0 bridgehead atoms. The molecule has 1 aromatic carbocycles. The van der Waals surface area contributed by atoms with Crippen molar-refractivity contribution in [3.63, 3.8) is 0 Å². The Kier molecular flexibility index (Phi) is 4.28. The van der Waals surface area contributed by atoms with Crippen LogP contribution in [0, 0.1) is 21.7 Å². The molecule has 1 N–H and O–H groups in total. The standard InChI is InChI=1S/C10H9F5N2O2/c1-5(4-10(13,14)15)16-8-3-6(11)2-7(12)9(8)17(18)19/h2-3,5,16H,4H2,1H3. The second-order valence-electron chi connectivity index (χ2n) is 3.91. The van der Waals surface area contributed by atoms with Crippen molar-refractivity contribution in [2.45, 2.75) is 25.6 Å². The molecule has 106 valence electrons. The normalized spacial score (nSPS) is 13.2. The summed E-state index contributed by atoms with van der Waals surface area (Å²) < 4.78 is 62.5. The molecule has 0 saturated heterocycles. The van der Waals surface area contributed by atoms with E-state index in [2.05, 4.69) is 5.32 Å². The van der Waals surface area contributed by atoms with Gasteiger partial charge in [0.15, 0.2) is 0 Å². The maximum atomic E-state index is 13.2. The summed E-state index contributed by atoms with van der Waals surface area (Å²) in [5.41, 5.74) is -1.71. The van der Waals surface area contributed by atoms with E-state index >= 15 is 0 Å². The summed E-state index contributed by atoms with van der Waals surface area (Å²) in [6, 6.07) is -0.397. The molecule has 1 aromatic rings. The van der Waals surface area contributed by atoms with Crippen LogP contribution in [0.25, 0.3) is 0 Å². The molecular formula is C10H9F5N2O2. The Morgan fingerprint density at radius 3 is 2.42 bits per heavy atom. The first-order valence-electron chi connectivity index (χ1n) is 5.07. The van der Waals surface area contributed by atoms with Crippen LogP contribution in [0.5, 0.6) is 0 Å². The van der Waals surface area contributed by atoms with Crippen molar-refractivity contribution in [1.82, 2.24) is 0 Å². The summed E-state index contributed by atoms with van der Waals surface area (Å²) in [6.07, 6.45) is -5.78. The van der Waals surface area contributed by atoms with Crippen LogP contribution in [0.2, 0.25) is 0 Å². The molecule has 0 saturated carbocycles. The van der Waals surface area contributed by atoms with E-state index in [9.17, 15) is 32.1 Å². The number of hydrogen-bond acceptors (Lipinski definition) is 3. The van der Waals surface area contributed by atoms with Gasteiger partial charge in [0, 0.05) is 18.2 Å². The molecule has 1 rings (SSSR count). The van der Waals surface area contributed by atoms with Gasteiger partial charge in [-0.25, -0.2) is 4.39 Å². The van der Waals surface area contributed by atoms with Crippen molar-refractivity contribution < 1.29 is 26.9 Å². The predicted molar refractivity (Wildman–Crippen MR) is 56.8 cm³/mol. The van der Waals surface area contributed by atoms with Gasteiger partial charge in [-0.15, -0.1) is 0 Å². The Bertz CT molecular complexity index is 490. The Hall–Kier alpha value is -1.93. The highest BCUT2D eigenvalue weighted by atomic mass is 19.4. The van der Waals surface area contributed by atoms with Crippen molar-refractivity contribution in [1.29, 1.82) is 0 Å². The van der Waals surface area contributed by atoms with Crippen molar-refractivity contribution in [3.05, 3.63) is 33.9 Å². The Labute approximate surface area is 104 Å². The van der Waals surface area contributed by atoms with Crippen LogP contribution in [-0.2, 0) is 0 Å². The van der Waals surface area contributed by atoms with Gasteiger partial charge in [-0.05, 0) is 6.92 Å². The van der Waals surface area contributed by atoms with E-state index in [1.54, 1.807) is 0 Å². The maximum absolute atomic E-state index is 13.2. The second kappa shape index (κ2) is 5.37. The molecule has 9 heteroatoms. The molecule has 0 amide bonds. The summed E-state index contributed by atoms with van der Waals surface area (Å²) in [6.45, 7) is 1.10. The monoisotopic (exact) mass is 284 g/mol. The van der Waals surface area contributed by atoms with Gasteiger partial charge in [-0.2, -0.15) is 17.6 Å². The highest BCUT2D eigenvalue weighted by molar-refractivity contribution is 5.62. The molecule has 0 aliphatic heterocycles. The van der Waals surface area contributed by atoms with E-state index in [-0.39, 0.29) is 6.07 Å². The van der Waals surface area contributed by atoms with Crippen LogP contribution in [0.15, 0.2) is 12.1 Å². The smallest absolute Gasteiger partial charge is 0.377 e. The lowest BCUT2D eigenvalue weighted by Crippen LogP contribution is -2.24. The average molecular weight is 284 g/mol. The zero-order chi connectivity index (χ0) is 14.8. The predicted octanol–water partition coefficient (Wildman–Crippen LogP) is 3.63. The van der Waals surface area contributed by atoms with Crippen LogP contribution in [0.1, 0.15) is 13.3 Å². The molecule has 0 radical (unpaired) electrons. The summed E-state index contributed by atoms with van der Waals surface area (Å²) in [5.74, 6) is -2.57. The van der Waals surface area contributed by atoms with Crippen molar-refractivity contribution in [3.8, 4) is 0 Å². The molecule has 19 heavy (non-hydrogen) atoms. The third-order valence-corrected chi connectivity index (χ3v) is 2.15. The highest BCUT2D eigenvalue weighted by Crippen LogP contribution is 2.31. The zero-order valence-electron chi connectivity index (χ0n) is 9.59. The quantitative estimate of drug-likeness (QED) is 0.522. The van der Waals surface area contributed by atoms with E-state index < -0.39 is 46.6 Å². The minimum Gasteiger partial charge on any atom is -0.377 e. The first kappa shape index (κ1) is 15.1. The number of halogens is 5. The van der Waals surface area contributed by atoms with E-state index in [0.717, 1.165) is 6.92 Å². The van der Waals surface area contributed by atoms with E-state index in [1.165, 1.54) is 0 Å². The third-order valence-electron chi connectivity index (χ3n) is 2.15. The number of nitrogens with one attached hydrogen (secondary N) is 1. The molecule has 4 nitrogen and oxygen atoms in total. The number of anilines is 1. The van der Waals surface area contributed by atoms with Gasteiger partial charge in [0.25, 0.3) is 0 Å². The van der Waals surface area contributed by atoms with Gasteiger partial charge in [0.1, 0.15) is 11.5 Å². The average Bonchev–Trinajstić information content (AvgIpc) is 2.10. The third kappa shape index (κ3) is 4.34. The fourth-order valence-corrected chi connectivity index (χ4v) is 1.53. The summed E-state index contributed by atoms with van der Waals surface area (Å²) in [4.78, 5) is 9.47. The van der Waals surface area contributed by atoms with E-state index in [0.29, 0.717) is 6.07 Å².